The van der Waals surface area contributed by atoms with Gasteiger partial charge in [0.1, 0.15) is 0 Å². The highest BCUT2D eigenvalue weighted by Crippen LogP contribution is 2.50. The first-order valence-electron chi connectivity index (χ1n) is 20.2. The van der Waals surface area contributed by atoms with Crippen molar-refractivity contribution < 1.29 is 0 Å². The van der Waals surface area contributed by atoms with E-state index in [1.54, 1.807) is 0 Å². The molecule has 0 amide bonds. The van der Waals surface area contributed by atoms with Crippen molar-refractivity contribution in [2.24, 2.45) is 0 Å². The minimum atomic E-state index is 0.973. The molecule has 2 aliphatic carbocycles. The van der Waals surface area contributed by atoms with Crippen LogP contribution in [0.25, 0.3) is 111 Å². The molecule has 2 heterocycles. The normalized spacial score (nSPS) is 12.3. The van der Waals surface area contributed by atoms with Crippen molar-refractivity contribution in [1.82, 2.24) is 9.97 Å². The van der Waals surface area contributed by atoms with E-state index in [1.165, 1.54) is 99.4 Å². The summed E-state index contributed by atoms with van der Waals surface area (Å²) in [7, 11) is 0. The van der Waals surface area contributed by atoms with Crippen LogP contribution in [-0.2, 0) is 12.8 Å². The van der Waals surface area contributed by atoms with Crippen LogP contribution in [0, 0.1) is 0 Å². The summed E-state index contributed by atoms with van der Waals surface area (Å²) >= 11 is 0. The lowest BCUT2D eigenvalue weighted by molar-refractivity contribution is 0.913. The first kappa shape index (κ1) is 32.8. The molecule has 8 aromatic carbocycles. The topological polar surface area (TPSA) is 25.8 Å². The van der Waals surface area contributed by atoms with Gasteiger partial charge in [0.2, 0.25) is 0 Å². The zero-order valence-electron chi connectivity index (χ0n) is 31.8. The van der Waals surface area contributed by atoms with Gasteiger partial charge in [-0.3, -0.25) is 4.98 Å². The van der Waals surface area contributed by atoms with Gasteiger partial charge >= 0.3 is 0 Å². The third-order valence-corrected chi connectivity index (χ3v) is 12.4. The van der Waals surface area contributed by atoms with Crippen LogP contribution in [0.2, 0.25) is 0 Å². The molecule has 0 bridgehead atoms. The Hall–Kier alpha value is -7.42. The standard InChI is InChI=1S/C56H36N2/c1-2-14-41-40(13-1)42-15-3-4-17-44(42)46-31-29-39(34-51(46)45-18-6-5-16-43(41)45)54-49-21-9-7-19-47(49)53(48-20-8-10-22-50(48)54)36-25-23-35(24-26-36)52-32-30-38-28-27-37-12-11-33-57-55(37)56(38)58-52/h1-26,29-34H,27-28H2. The number of pyridine rings is 2. The van der Waals surface area contributed by atoms with Crippen molar-refractivity contribution in [3.63, 3.8) is 0 Å². The van der Waals surface area contributed by atoms with Gasteiger partial charge in [-0.15, -0.1) is 0 Å². The molecule has 270 valence electrons. The van der Waals surface area contributed by atoms with E-state index < -0.39 is 0 Å². The SMILES string of the molecule is c1cnc2c(c1)CCc1ccc(-c3ccc(-c4c5ccccc5c(-c5ccc6c(c5)-c5ccccc5-c5ccccc5-c5ccccc5-6)c5ccccc45)cc3)nc1-2. The zero-order chi connectivity index (χ0) is 38.2. The lowest BCUT2D eigenvalue weighted by Crippen LogP contribution is -2.07. The molecule has 0 aliphatic heterocycles. The molecule has 2 aromatic heterocycles. The number of rotatable bonds is 3. The Labute approximate surface area is 337 Å². The van der Waals surface area contributed by atoms with Crippen molar-refractivity contribution in [2.75, 3.05) is 0 Å². The minimum absolute atomic E-state index is 0.973. The van der Waals surface area contributed by atoms with E-state index in [0.29, 0.717) is 0 Å². The first-order chi connectivity index (χ1) is 28.8. The van der Waals surface area contributed by atoms with Crippen molar-refractivity contribution >= 4 is 21.5 Å². The third kappa shape index (κ3) is 5.05. The average Bonchev–Trinajstić information content (AvgIpc) is 3.30. The van der Waals surface area contributed by atoms with Gasteiger partial charge in [-0.2, -0.15) is 0 Å². The van der Waals surface area contributed by atoms with Crippen molar-refractivity contribution in [3.05, 3.63) is 205 Å². The van der Waals surface area contributed by atoms with Crippen LogP contribution in [-0.4, -0.2) is 9.97 Å². The van der Waals surface area contributed by atoms with Crippen LogP contribution in [0.1, 0.15) is 11.1 Å². The summed E-state index contributed by atoms with van der Waals surface area (Å²) < 4.78 is 0. The fraction of sp³-hybridized carbons (Fsp3) is 0.0357. The fourth-order valence-corrected chi connectivity index (χ4v) is 9.75. The summed E-state index contributed by atoms with van der Waals surface area (Å²) in [5, 5.41) is 4.97. The number of nitrogens with zero attached hydrogens (tertiary/aromatic N) is 2. The third-order valence-electron chi connectivity index (χ3n) is 12.4. The molecular formula is C56H36N2. The molecule has 0 atom stereocenters. The summed E-state index contributed by atoms with van der Waals surface area (Å²) in [5.41, 5.74) is 21.6. The molecule has 12 rings (SSSR count). The molecule has 2 aliphatic rings. The van der Waals surface area contributed by atoms with Crippen LogP contribution < -0.4 is 0 Å². The molecule has 0 N–H and O–H groups in total. The Bertz CT molecular complexity index is 3220. The second-order valence-electron chi connectivity index (χ2n) is 15.5. The predicted octanol–water partition coefficient (Wildman–Crippen LogP) is 14.5. The molecule has 0 spiro atoms. The Morgan fingerprint density at radius 3 is 1.29 bits per heavy atom. The summed E-state index contributed by atoms with van der Waals surface area (Å²) in [6, 6.07) is 69.3. The van der Waals surface area contributed by atoms with E-state index >= 15 is 0 Å². The molecule has 0 unspecified atom stereocenters. The summed E-state index contributed by atoms with van der Waals surface area (Å²) in [4.78, 5) is 9.92. The van der Waals surface area contributed by atoms with Gasteiger partial charge in [0, 0.05) is 11.8 Å². The molecule has 10 aromatic rings. The Morgan fingerprint density at radius 1 is 0.310 bits per heavy atom. The number of fused-ring (bicyclic) bond motifs is 13. The van der Waals surface area contributed by atoms with E-state index in [-0.39, 0.29) is 0 Å². The number of hydrogen-bond acceptors (Lipinski definition) is 2. The number of aryl methyl sites for hydroxylation is 2. The molecule has 0 saturated heterocycles. The highest BCUT2D eigenvalue weighted by Gasteiger charge is 2.24. The van der Waals surface area contributed by atoms with Gasteiger partial charge in [0.15, 0.2) is 0 Å². The van der Waals surface area contributed by atoms with Crippen LogP contribution >= 0.6 is 0 Å². The largest absolute Gasteiger partial charge is 0.254 e. The lowest BCUT2D eigenvalue weighted by Gasteiger charge is -2.24. The van der Waals surface area contributed by atoms with Gasteiger partial charge in [0.25, 0.3) is 0 Å². The van der Waals surface area contributed by atoms with Crippen molar-refractivity contribution in [3.8, 4) is 89.4 Å². The smallest absolute Gasteiger partial charge is 0.0928 e. The van der Waals surface area contributed by atoms with E-state index in [2.05, 4.69) is 182 Å². The Balaban J connectivity index is 1.03. The Morgan fingerprint density at radius 2 is 0.741 bits per heavy atom. The van der Waals surface area contributed by atoms with Crippen LogP contribution in [0.15, 0.2) is 194 Å². The van der Waals surface area contributed by atoms with Gasteiger partial charge in [-0.05, 0) is 130 Å². The molecule has 0 saturated carbocycles. The molecule has 0 radical (unpaired) electrons. The van der Waals surface area contributed by atoms with E-state index in [9.17, 15) is 0 Å². The zero-order valence-corrected chi connectivity index (χ0v) is 31.8. The number of aromatic nitrogens is 2. The quantitative estimate of drug-likeness (QED) is 0.169. The fourth-order valence-electron chi connectivity index (χ4n) is 9.75. The molecule has 0 fully saturated rings. The van der Waals surface area contributed by atoms with Gasteiger partial charge in [-0.25, -0.2) is 4.98 Å². The molecule has 2 nitrogen and oxygen atoms in total. The second-order valence-corrected chi connectivity index (χ2v) is 15.5. The highest BCUT2D eigenvalue weighted by atomic mass is 14.8. The van der Waals surface area contributed by atoms with E-state index in [0.717, 1.165) is 35.5 Å². The number of hydrogen-bond donors (Lipinski definition) is 0. The monoisotopic (exact) mass is 736 g/mol. The van der Waals surface area contributed by atoms with E-state index in [4.69, 9.17) is 9.97 Å². The maximum Gasteiger partial charge on any atom is 0.0928 e. The Kier molecular flexibility index (Phi) is 7.39. The molecular weight excluding hydrogens is 701 g/mol. The molecule has 2 heteroatoms. The first-order valence-corrected chi connectivity index (χ1v) is 20.2. The summed E-state index contributed by atoms with van der Waals surface area (Å²) in [5.74, 6) is 0. The van der Waals surface area contributed by atoms with Gasteiger partial charge in [0.05, 0.1) is 17.1 Å². The van der Waals surface area contributed by atoms with Crippen molar-refractivity contribution in [1.29, 1.82) is 0 Å². The van der Waals surface area contributed by atoms with Gasteiger partial charge in [-0.1, -0.05) is 170 Å². The van der Waals surface area contributed by atoms with Crippen LogP contribution in [0.3, 0.4) is 0 Å². The summed E-state index contributed by atoms with van der Waals surface area (Å²) in [6.45, 7) is 0. The van der Waals surface area contributed by atoms with Crippen LogP contribution in [0.4, 0.5) is 0 Å². The highest BCUT2D eigenvalue weighted by molar-refractivity contribution is 6.22. The summed E-state index contributed by atoms with van der Waals surface area (Å²) in [6.07, 6.45) is 3.89. The van der Waals surface area contributed by atoms with Gasteiger partial charge < -0.3 is 0 Å². The lowest BCUT2D eigenvalue weighted by atomic mass is 9.79. The predicted molar refractivity (Wildman–Crippen MR) is 241 cm³/mol. The second kappa shape index (κ2) is 13.1. The molecule has 58 heavy (non-hydrogen) atoms. The average molecular weight is 737 g/mol. The minimum Gasteiger partial charge on any atom is -0.254 e. The maximum atomic E-state index is 5.19. The number of benzene rings is 8. The maximum absolute atomic E-state index is 5.19. The van der Waals surface area contributed by atoms with Crippen LogP contribution in [0.5, 0.6) is 0 Å². The van der Waals surface area contributed by atoms with E-state index in [1.807, 2.05) is 12.3 Å². The van der Waals surface area contributed by atoms with Crippen molar-refractivity contribution in [2.45, 2.75) is 12.8 Å².